The first kappa shape index (κ1) is 12.9. The van der Waals surface area contributed by atoms with E-state index in [-0.39, 0.29) is 12.0 Å². The first-order valence-electron chi connectivity index (χ1n) is 6.65. The van der Waals surface area contributed by atoms with Crippen LogP contribution in [0.1, 0.15) is 27.2 Å². The zero-order chi connectivity index (χ0) is 13.1. The van der Waals surface area contributed by atoms with Crippen LogP contribution in [-0.4, -0.2) is 25.0 Å². The predicted molar refractivity (Wildman–Crippen MR) is 73.2 cm³/mol. The van der Waals surface area contributed by atoms with Gasteiger partial charge in [-0.05, 0) is 38.1 Å². The highest BCUT2D eigenvalue weighted by Gasteiger charge is 2.30. The monoisotopic (exact) mass is 247 g/mol. The van der Waals surface area contributed by atoms with Crippen molar-refractivity contribution in [3.63, 3.8) is 0 Å². The Morgan fingerprint density at radius 2 is 1.94 bits per heavy atom. The molecule has 18 heavy (non-hydrogen) atoms. The normalized spacial score (nSPS) is 24.2. The lowest BCUT2D eigenvalue weighted by atomic mass is 9.90. The summed E-state index contributed by atoms with van der Waals surface area (Å²) in [5.74, 6) is 1.39. The fourth-order valence-corrected chi connectivity index (χ4v) is 2.47. The van der Waals surface area contributed by atoms with Crippen LogP contribution in [0, 0.1) is 5.92 Å². The molecule has 0 aromatic heterocycles. The van der Waals surface area contributed by atoms with E-state index in [0.717, 1.165) is 12.3 Å². The number of hydrogen-bond acceptors (Lipinski definition) is 3. The summed E-state index contributed by atoms with van der Waals surface area (Å²) < 4.78 is 5.44. The molecular weight excluding hydrogens is 226 g/mol. The molecule has 0 aliphatic carbocycles. The molecule has 1 fully saturated rings. The number of carbonyl (C=O) groups excluding carboxylic acids is 1. The van der Waals surface area contributed by atoms with Gasteiger partial charge in [0.15, 0.2) is 0 Å². The molecule has 0 spiro atoms. The minimum Gasteiger partial charge on any atom is -0.494 e. The molecule has 98 valence electrons. The fraction of sp³-hybridized carbons (Fsp3) is 0.533. The van der Waals surface area contributed by atoms with Crippen LogP contribution in [-0.2, 0) is 4.79 Å². The number of nitrogens with zero attached hydrogens (tertiary/aromatic N) is 1. The molecule has 0 saturated carbocycles. The molecule has 0 bridgehead atoms. The second-order valence-corrected chi connectivity index (χ2v) is 4.87. The summed E-state index contributed by atoms with van der Waals surface area (Å²) >= 11 is 0. The zero-order valence-corrected chi connectivity index (χ0v) is 11.3. The zero-order valence-electron chi connectivity index (χ0n) is 11.3. The first-order valence-corrected chi connectivity index (χ1v) is 6.65. The summed E-state index contributed by atoms with van der Waals surface area (Å²) in [5, 5.41) is 0. The number of hydrogen-bond donors (Lipinski definition) is 0. The second-order valence-electron chi connectivity index (χ2n) is 4.87. The topological polar surface area (TPSA) is 29.5 Å². The maximum atomic E-state index is 11.7. The molecule has 0 radical (unpaired) electrons. The molecule has 2 rings (SSSR count). The maximum Gasteiger partial charge on any atom is 0.139 e. The van der Waals surface area contributed by atoms with Gasteiger partial charge in [0.05, 0.1) is 6.61 Å². The van der Waals surface area contributed by atoms with E-state index in [4.69, 9.17) is 4.74 Å². The lowest BCUT2D eigenvalue weighted by molar-refractivity contribution is -0.123. The Bertz CT molecular complexity index is 413. The minimum absolute atomic E-state index is 0.116. The van der Waals surface area contributed by atoms with E-state index in [1.165, 1.54) is 5.69 Å². The maximum absolute atomic E-state index is 11.7. The first-order chi connectivity index (χ1) is 8.63. The number of ether oxygens (including phenoxy) is 1. The standard InChI is InChI=1S/C15H21NO2/c1-4-18-14-7-5-13(6-8-14)16-10-9-15(17)11(2)12(16)3/h5-8,11-12H,4,9-10H2,1-3H3. The Balaban J connectivity index is 2.13. The molecule has 1 aliphatic rings. The van der Waals surface area contributed by atoms with Gasteiger partial charge in [-0.1, -0.05) is 6.92 Å². The van der Waals surface area contributed by atoms with Crippen LogP contribution in [0.5, 0.6) is 5.75 Å². The van der Waals surface area contributed by atoms with Crippen LogP contribution < -0.4 is 9.64 Å². The van der Waals surface area contributed by atoms with E-state index in [2.05, 4.69) is 24.0 Å². The quantitative estimate of drug-likeness (QED) is 0.822. The molecular formula is C15H21NO2. The summed E-state index contributed by atoms with van der Waals surface area (Å²) in [6.45, 7) is 7.63. The highest BCUT2D eigenvalue weighted by molar-refractivity contribution is 5.84. The highest BCUT2D eigenvalue weighted by atomic mass is 16.5. The molecule has 0 amide bonds. The predicted octanol–water partition coefficient (Wildman–Crippen LogP) is 2.89. The van der Waals surface area contributed by atoms with Crippen LogP contribution in [0.3, 0.4) is 0 Å². The Morgan fingerprint density at radius 1 is 1.28 bits per heavy atom. The van der Waals surface area contributed by atoms with Gasteiger partial charge in [0.25, 0.3) is 0 Å². The summed E-state index contributed by atoms with van der Waals surface area (Å²) in [6, 6.07) is 8.40. The molecule has 1 saturated heterocycles. The number of benzene rings is 1. The third-order valence-electron chi connectivity index (χ3n) is 3.80. The number of carbonyl (C=O) groups is 1. The average Bonchev–Trinajstić information content (AvgIpc) is 2.38. The molecule has 1 aromatic rings. The van der Waals surface area contributed by atoms with Crippen LogP contribution in [0.4, 0.5) is 5.69 Å². The van der Waals surface area contributed by atoms with Crippen molar-refractivity contribution in [1.29, 1.82) is 0 Å². The van der Waals surface area contributed by atoms with Gasteiger partial charge in [-0.15, -0.1) is 0 Å². The van der Waals surface area contributed by atoms with Crippen molar-refractivity contribution in [1.82, 2.24) is 0 Å². The number of piperidine rings is 1. The van der Waals surface area contributed by atoms with Gasteiger partial charge in [-0.25, -0.2) is 0 Å². The molecule has 2 unspecified atom stereocenters. The van der Waals surface area contributed by atoms with E-state index in [1.807, 2.05) is 26.0 Å². The minimum atomic E-state index is 0.116. The Hall–Kier alpha value is -1.51. The Labute approximate surface area is 109 Å². The van der Waals surface area contributed by atoms with E-state index in [1.54, 1.807) is 0 Å². The molecule has 0 N–H and O–H groups in total. The third-order valence-corrected chi connectivity index (χ3v) is 3.80. The van der Waals surface area contributed by atoms with Crippen LogP contribution in [0.15, 0.2) is 24.3 Å². The molecule has 3 heteroatoms. The van der Waals surface area contributed by atoms with Crippen molar-refractivity contribution in [2.45, 2.75) is 33.2 Å². The lowest BCUT2D eigenvalue weighted by Gasteiger charge is -2.38. The van der Waals surface area contributed by atoms with Gasteiger partial charge in [0.2, 0.25) is 0 Å². The molecule has 1 aromatic carbocycles. The number of Topliss-reactive ketones (excluding diaryl/α,β-unsaturated/α-hetero) is 1. The van der Waals surface area contributed by atoms with Crippen LogP contribution >= 0.6 is 0 Å². The SMILES string of the molecule is CCOc1ccc(N2CCC(=O)C(C)C2C)cc1. The molecule has 1 aliphatic heterocycles. The third kappa shape index (κ3) is 2.50. The van der Waals surface area contributed by atoms with Crippen molar-refractivity contribution in [3.8, 4) is 5.75 Å². The smallest absolute Gasteiger partial charge is 0.139 e. The van der Waals surface area contributed by atoms with E-state index in [9.17, 15) is 4.79 Å². The summed E-state index contributed by atoms with van der Waals surface area (Å²) in [7, 11) is 0. The fourth-order valence-electron chi connectivity index (χ4n) is 2.47. The van der Waals surface area contributed by atoms with Crippen molar-refractivity contribution >= 4 is 11.5 Å². The number of ketones is 1. The summed E-state index contributed by atoms with van der Waals surface area (Å²) in [5.41, 5.74) is 1.17. The highest BCUT2D eigenvalue weighted by Crippen LogP contribution is 2.28. The Morgan fingerprint density at radius 3 is 2.56 bits per heavy atom. The molecule has 3 nitrogen and oxygen atoms in total. The van der Waals surface area contributed by atoms with Crippen molar-refractivity contribution in [2.75, 3.05) is 18.1 Å². The summed E-state index contributed by atoms with van der Waals surface area (Å²) in [4.78, 5) is 14.0. The Kier molecular flexibility index (Phi) is 3.90. The van der Waals surface area contributed by atoms with Gasteiger partial charge in [0, 0.05) is 30.6 Å². The van der Waals surface area contributed by atoms with Gasteiger partial charge in [-0.2, -0.15) is 0 Å². The number of rotatable bonds is 3. The molecule has 1 heterocycles. The second kappa shape index (κ2) is 5.42. The summed E-state index contributed by atoms with van der Waals surface area (Å²) in [6.07, 6.45) is 0.652. The largest absolute Gasteiger partial charge is 0.494 e. The van der Waals surface area contributed by atoms with Gasteiger partial charge >= 0.3 is 0 Å². The van der Waals surface area contributed by atoms with E-state index < -0.39 is 0 Å². The van der Waals surface area contributed by atoms with Crippen molar-refractivity contribution in [2.24, 2.45) is 5.92 Å². The molecule has 2 atom stereocenters. The van der Waals surface area contributed by atoms with E-state index in [0.29, 0.717) is 18.8 Å². The van der Waals surface area contributed by atoms with Gasteiger partial charge < -0.3 is 9.64 Å². The van der Waals surface area contributed by atoms with Crippen LogP contribution in [0.2, 0.25) is 0 Å². The van der Waals surface area contributed by atoms with E-state index >= 15 is 0 Å². The van der Waals surface area contributed by atoms with Gasteiger partial charge in [0.1, 0.15) is 11.5 Å². The lowest BCUT2D eigenvalue weighted by Crippen LogP contribution is -2.46. The van der Waals surface area contributed by atoms with Crippen molar-refractivity contribution < 1.29 is 9.53 Å². The van der Waals surface area contributed by atoms with Crippen molar-refractivity contribution in [3.05, 3.63) is 24.3 Å². The average molecular weight is 247 g/mol. The number of anilines is 1. The van der Waals surface area contributed by atoms with Crippen LogP contribution in [0.25, 0.3) is 0 Å². The van der Waals surface area contributed by atoms with Gasteiger partial charge in [-0.3, -0.25) is 4.79 Å².